The van der Waals surface area contributed by atoms with Gasteiger partial charge in [0.25, 0.3) is 0 Å². The normalized spacial score (nSPS) is 12.7. The van der Waals surface area contributed by atoms with Crippen LogP contribution in [0, 0.1) is 11.0 Å². The third kappa shape index (κ3) is 1.70. The Labute approximate surface area is 68.3 Å². The van der Waals surface area contributed by atoms with Crippen molar-refractivity contribution in [2.45, 2.75) is 0 Å². The van der Waals surface area contributed by atoms with E-state index in [9.17, 15) is 9.60 Å². The average Bonchev–Trinajstić information content (AvgIpc) is 2.03. The summed E-state index contributed by atoms with van der Waals surface area (Å²) in [6.45, 7) is 0. The Hall–Kier alpha value is -1.17. The monoisotopic (exact) mass is 173 g/mol. The Morgan fingerprint density at radius 1 is 1.58 bits per heavy atom. The molecule has 0 aliphatic carbocycles. The second kappa shape index (κ2) is 3.48. The van der Waals surface area contributed by atoms with Crippen LogP contribution in [-0.2, 0) is 0 Å². The number of hydrogen-bond donors (Lipinski definition) is 2. The maximum atomic E-state index is 12.8. The lowest BCUT2D eigenvalue weighted by Crippen LogP contribution is -2.99. The number of benzene rings is 1. The maximum absolute atomic E-state index is 12.8. The predicted octanol–water partition coefficient (Wildman–Crippen LogP) is 0.238. The van der Waals surface area contributed by atoms with Crippen molar-refractivity contribution in [2.75, 3.05) is 7.11 Å². The average molecular weight is 173 g/mol. The van der Waals surface area contributed by atoms with Gasteiger partial charge in [0.15, 0.2) is 11.5 Å². The van der Waals surface area contributed by atoms with Crippen molar-refractivity contribution in [1.82, 2.24) is 0 Å². The van der Waals surface area contributed by atoms with Gasteiger partial charge in [0, 0.05) is 12.1 Å². The van der Waals surface area contributed by atoms with E-state index in [0.29, 0.717) is 5.75 Å². The van der Waals surface area contributed by atoms with Crippen molar-refractivity contribution in [1.29, 1.82) is 0 Å². The van der Waals surface area contributed by atoms with Gasteiger partial charge in [0.2, 0.25) is 0 Å². The van der Waals surface area contributed by atoms with E-state index in [1.54, 1.807) is 0 Å². The molecule has 1 aromatic rings. The smallest absolute Gasteiger partial charge is 0.200 e. The van der Waals surface area contributed by atoms with Gasteiger partial charge in [-0.1, -0.05) is 0 Å². The van der Waals surface area contributed by atoms with E-state index in [-0.39, 0.29) is 5.69 Å². The highest BCUT2D eigenvalue weighted by Gasteiger charge is 2.08. The molecule has 0 fully saturated rings. The topological polar surface area (TPSA) is 57.0 Å². The minimum absolute atomic E-state index is 0.303. The Balaban J connectivity index is 3.03. The predicted molar refractivity (Wildman–Crippen MR) is 38.7 cm³/mol. The molecule has 1 aromatic carbocycles. The van der Waals surface area contributed by atoms with Gasteiger partial charge < -0.3 is 9.94 Å². The first-order valence-electron chi connectivity index (χ1n) is 3.22. The molecule has 5 heteroatoms. The lowest BCUT2D eigenvalue weighted by molar-refractivity contribution is -0.992. The third-order valence-corrected chi connectivity index (χ3v) is 1.41. The number of methoxy groups -OCH3 is 1. The number of rotatable bonds is 2. The van der Waals surface area contributed by atoms with Crippen LogP contribution in [0.15, 0.2) is 18.2 Å². The summed E-state index contributed by atoms with van der Waals surface area (Å²) in [6.07, 6.45) is 0. The van der Waals surface area contributed by atoms with Crippen LogP contribution in [0.2, 0.25) is 0 Å². The summed E-state index contributed by atoms with van der Waals surface area (Å²) in [5.41, 5.74) is -0.351. The maximum Gasteiger partial charge on any atom is 0.200 e. The molecular formula is C7H8FNO3. The van der Waals surface area contributed by atoms with E-state index in [1.165, 1.54) is 13.2 Å². The van der Waals surface area contributed by atoms with Crippen molar-refractivity contribution in [3.63, 3.8) is 0 Å². The summed E-state index contributed by atoms with van der Waals surface area (Å²) >= 11 is 0. The first kappa shape index (κ1) is 8.92. The highest BCUT2D eigenvalue weighted by molar-refractivity contribution is 5.37. The second-order valence-electron chi connectivity index (χ2n) is 2.15. The van der Waals surface area contributed by atoms with Crippen molar-refractivity contribution in [3.05, 3.63) is 29.2 Å². The van der Waals surface area contributed by atoms with Crippen LogP contribution in [0.4, 0.5) is 10.1 Å². The Morgan fingerprint density at radius 3 is 2.67 bits per heavy atom. The lowest BCUT2D eigenvalue weighted by atomic mass is 10.3. The second-order valence-corrected chi connectivity index (χ2v) is 2.15. The fourth-order valence-corrected chi connectivity index (χ4v) is 0.796. The highest BCUT2D eigenvalue weighted by Crippen LogP contribution is 2.16. The van der Waals surface area contributed by atoms with Crippen LogP contribution in [-0.4, -0.2) is 12.3 Å². The van der Waals surface area contributed by atoms with Gasteiger partial charge in [-0.3, -0.25) is 0 Å². The lowest BCUT2D eigenvalue weighted by Gasteiger charge is -2.12. The Morgan fingerprint density at radius 2 is 2.25 bits per heavy atom. The van der Waals surface area contributed by atoms with E-state index in [1.807, 2.05) is 0 Å². The summed E-state index contributed by atoms with van der Waals surface area (Å²) < 4.78 is 17.5. The minimum Gasteiger partial charge on any atom is -0.595 e. The summed E-state index contributed by atoms with van der Waals surface area (Å²) in [5.74, 6) is -0.487. The van der Waals surface area contributed by atoms with E-state index >= 15 is 0 Å². The Bertz CT molecular complexity index is 277. The number of hydrogen-bond acceptors (Lipinski definition) is 3. The molecule has 0 aliphatic rings. The van der Waals surface area contributed by atoms with Gasteiger partial charge in [0.05, 0.1) is 7.11 Å². The zero-order valence-corrected chi connectivity index (χ0v) is 6.37. The SMILES string of the molecule is COc1ccc([NH+]([O-])O)c(F)c1. The van der Waals surface area contributed by atoms with Gasteiger partial charge in [-0.05, 0) is 6.07 Å². The zero-order valence-electron chi connectivity index (χ0n) is 6.37. The van der Waals surface area contributed by atoms with E-state index < -0.39 is 11.0 Å². The largest absolute Gasteiger partial charge is 0.595 e. The van der Waals surface area contributed by atoms with Gasteiger partial charge in [-0.2, -0.15) is 5.23 Å². The summed E-state index contributed by atoms with van der Waals surface area (Å²) in [6, 6.07) is 3.59. The summed E-state index contributed by atoms with van der Waals surface area (Å²) in [7, 11) is 1.38. The molecule has 0 saturated carbocycles. The summed E-state index contributed by atoms with van der Waals surface area (Å²) in [5, 5.41) is 17.5. The first-order valence-corrected chi connectivity index (χ1v) is 3.22. The van der Waals surface area contributed by atoms with Crippen LogP contribution in [0.3, 0.4) is 0 Å². The molecule has 4 nitrogen and oxygen atoms in total. The molecule has 2 N–H and O–H groups in total. The quantitative estimate of drug-likeness (QED) is 0.630. The molecule has 0 bridgehead atoms. The molecule has 1 unspecified atom stereocenters. The van der Waals surface area contributed by atoms with Crippen molar-refractivity contribution in [2.24, 2.45) is 0 Å². The number of ether oxygens (including phenoxy) is 1. The molecule has 0 spiro atoms. The fourth-order valence-electron chi connectivity index (χ4n) is 0.796. The van der Waals surface area contributed by atoms with E-state index in [2.05, 4.69) is 0 Å². The molecule has 0 heterocycles. The third-order valence-electron chi connectivity index (χ3n) is 1.41. The van der Waals surface area contributed by atoms with Crippen LogP contribution in [0.25, 0.3) is 0 Å². The van der Waals surface area contributed by atoms with E-state index in [4.69, 9.17) is 9.94 Å². The molecule has 1 atom stereocenters. The molecule has 0 aromatic heterocycles. The van der Waals surface area contributed by atoms with Crippen LogP contribution in [0.1, 0.15) is 0 Å². The summed E-state index contributed by atoms with van der Waals surface area (Å²) in [4.78, 5) is 0. The number of halogens is 1. The van der Waals surface area contributed by atoms with Crippen molar-refractivity contribution >= 4 is 5.69 Å². The van der Waals surface area contributed by atoms with Gasteiger partial charge in [-0.25, -0.2) is 9.60 Å². The van der Waals surface area contributed by atoms with Gasteiger partial charge in [-0.15, -0.1) is 0 Å². The van der Waals surface area contributed by atoms with Crippen LogP contribution < -0.4 is 9.96 Å². The minimum atomic E-state index is -1.28. The molecular weight excluding hydrogens is 165 g/mol. The zero-order chi connectivity index (χ0) is 9.14. The molecule has 0 amide bonds. The van der Waals surface area contributed by atoms with Gasteiger partial charge >= 0.3 is 0 Å². The standard InChI is InChI=1S/C7H8FNO3/c1-12-5-2-3-7(9(10)11)6(8)4-5/h2-4,9-10H,1H3. The van der Waals surface area contributed by atoms with E-state index in [0.717, 1.165) is 12.1 Å². The van der Waals surface area contributed by atoms with Crippen molar-refractivity contribution in [3.8, 4) is 5.75 Å². The number of nitrogens with one attached hydrogen (secondary N) is 1. The number of quaternary nitrogens is 1. The molecule has 0 saturated heterocycles. The molecule has 12 heavy (non-hydrogen) atoms. The molecule has 0 aliphatic heterocycles. The molecule has 0 radical (unpaired) electrons. The molecule has 1 rings (SSSR count). The van der Waals surface area contributed by atoms with Crippen molar-refractivity contribution < 1.29 is 19.6 Å². The van der Waals surface area contributed by atoms with Crippen LogP contribution in [0.5, 0.6) is 5.75 Å². The highest BCUT2D eigenvalue weighted by atomic mass is 19.1. The fraction of sp³-hybridized carbons (Fsp3) is 0.143. The molecule has 66 valence electrons. The van der Waals surface area contributed by atoms with Gasteiger partial charge in [0.1, 0.15) is 5.75 Å². The first-order chi connectivity index (χ1) is 5.65. The van der Waals surface area contributed by atoms with Crippen LogP contribution >= 0.6 is 0 Å². The Kier molecular flexibility index (Phi) is 2.59.